The lowest BCUT2D eigenvalue weighted by Gasteiger charge is -2.24. The van der Waals surface area contributed by atoms with Gasteiger partial charge in [-0.3, -0.25) is 4.98 Å². The van der Waals surface area contributed by atoms with Crippen LogP contribution in [0.2, 0.25) is 0 Å². The van der Waals surface area contributed by atoms with E-state index in [1.807, 2.05) is 0 Å². The Kier molecular flexibility index (Phi) is 9.54. The van der Waals surface area contributed by atoms with Gasteiger partial charge in [-0.15, -0.1) is 0 Å². The topological polar surface area (TPSA) is 102 Å². The third-order valence-corrected chi connectivity index (χ3v) is 6.11. The van der Waals surface area contributed by atoms with Crippen molar-refractivity contribution in [3.05, 3.63) is 113 Å². The molecular weight excluding hydrogens is 594 g/mol. The molecule has 0 fully saturated rings. The molecule has 0 radical (unpaired) electrons. The van der Waals surface area contributed by atoms with E-state index in [-0.39, 0.29) is 35.0 Å². The molecule has 2 N–H and O–H groups in total. The Bertz CT molecular complexity index is 1670. The molecule has 8 nitrogen and oxygen atoms in total. The van der Waals surface area contributed by atoms with Crippen LogP contribution >= 0.6 is 0 Å². The summed E-state index contributed by atoms with van der Waals surface area (Å²) in [6, 6.07) is 14.6. The zero-order valence-electron chi connectivity index (χ0n) is 22.7. The quantitative estimate of drug-likeness (QED) is 0.115. The molecule has 1 heterocycles. The van der Waals surface area contributed by atoms with Crippen molar-refractivity contribution < 1.29 is 45.4 Å². The number of isocyanates is 1. The second-order valence-corrected chi connectivity index (χ2v) is 9.11. The number of aromatic nitrogens is 1. The number of hydrogen-bond donors (Lipinski definition) is 2. The van der Waals surface area contributed by atoms with Crippen LogP contribution in [0.3, 0.4) is 0 Å². The van der Waals surface area contributed by atoms with E-state index < -0.39 is 41.2 Å². The second-order valence-electron chi connectivity index (χ2n) is 9.11. The summed E-state index contributed by atoms with van der Waals surface area (Å²) >= 11 is 0. The van der Waals surface area contributed by atoms with Crippen LogP contribution in [0.4, 0.5) is 42.5 Å². The summed E-state index contributed by atoms with van der Waals surface area (Å²) in [6.07, 6.45) is -8.27. The maximum atomic E-state index is 14.2. The van der Waals surface area contributed by atoms with E-state index in [1.54, 1.807) is 12.1 Å². The number of alkyl halides is 6. The van der Waals surface area contributed by atoms with Crippen LogP contribution < -0.4 is 20.1 Å². The lowest BCUT2D eigenvalue weighted by atomic mass is 9.97. The molecule has 0 saturated heterocycles. The Labute approximate surface area is 246 Å². The van der Waals surface area contributed by atoms with Crippen LogP contribution in [-0.4, -0.2) is 24.2 Å². The lowest BCUT2D eigenvalue weighted by molar-refractivity contribution is -0.139. The highest BCUT2D eigenvalue weighted by Crippen LogP contribution is 2.37. The van der Waals surface area contributed by atoms with Gasteiger partial charge in [0.2, 0.25) is 6.08 Å². The third-order valence-electron chi connectivity index (χ3n) is 6.11. The number of methoxy groups -OCH3 is 1. The van der Waals surface area contributed by atoms with Gasteiger partial charge in [0, 0.05) is 17.8 Å². The van der Waals surface area contributed by atoms with Crippen LogP contribution in [-0.2, 0) is 23.8 Å². The number of nitrogens with zero attached hydrogens (tertiary/aromatic N) is 2. The highest BCUT2D eigenvalue weighted by Gasteiger charge is 2.38. The Balaban J connectivity index is 1.73. The standard InChI is InChI=1S/C30H22F6N4O4/c1-43-23-6-3-5-21(15-23)39-28(42)40-26(18-8-10-19(11-9-18)29(31,32)33)27-25(30(34,35)36)13-12-22(38-27)16-44-24-7-2-4-20(14-24)37-17-41/h2-15,26H,16H2,1H3,(H2,39,40,42)/t26-/m0/s1. The second kappa shape index (κ2) is 13.3. The fourth-order valence-electron chi connectivity index (χ4n) is 4.08. The van der Waals surface area contributed by atoms with Crippen molar-refractivity contribution in [3.63, 3.8) is 0 Å². The van der Waals surface area contributed by atoms with Crippen LogP contribution in [0.5, 0.6) is 11.5 Å². The van der Waals surface area contributed by atoms with Gasteiger partial charge in [-0.05, 0) is 54.1 Å². The highest BCUT2D eigenvalue weighted by atomic mass is 19.4. The maximum Gasteiger partial charge on any atom is 0.418 e. The summed E-state index contributed by atoms with van der Waals surface area (Å²) in [6.45, 7) is -0.338. The van der Waals surface area contributed by atoms with E-state index in [4.69, 9.17) is 9.47 Å². The minimum absolute atomic E-state index is 0.00390. The maximum absolute atomic E-state index is 14.2. The zero-order valence-corrected chi connectivity index (χ0v) is 22.7. The first-order valence-corrected chi connectivity index (χ1v) is 12.6. The minimum atomic E-state index is -4.95. The molecule has 1 atom stereocenters. The van der Waals surface area contributed by atoms with E-state index in [9.17, 15) is 35.9 Å². The first kappa shape index (κ1) is 31.6. The number of pyridine rings is 1. The molecule has 0 aliphatic rings. The minimum Gasteiger partial charge on any atom is -0.497 e. The summed E-state index contributed by atoms with van der Waals surface area (Å²) in [5.74, 6) is 0.610. The summed E-state index contributed by atoms with van der Waals surface area (Å²) in [5.41, 5.74) is -2.58. The monoisotopic (exact) mass is 616 g/mol. The predicted molar refractivity (Wildman–Crippen MR) is 146 cm³/mol. The van der Waals surface area contributed by atoms with Crippen molar-refractivity contribution in [2.45, 2.75) is 25.0 Å². The smallest absolute Gasteiger partial charge is 0.418 e. The number of aliphatic imine (C=N–C) groups is 1. The van der Waals surface area contributed by atoms with E-state index in [0.717, 1.165) is 24.3 Å². The molecule has 3 aromatic carbocycles. The normalized spacial score (nSPS) is 12.1. The first-order valence-electron chi connectivity index (χ1n) is 12.6. The number of amides is 2. The van der Waals surface area contributed by atoms with Crippen molar-refractivity contribution in [3.8, 4) is 11.5 Å². The average molecular weight is 617 g/mol. The summed E-state index contributed by atoms with van der Waals surface area (Å²) in [4.78, 5) is 31.2. The summed E-state index contributed by atoms with van der Waals surface area (Å²) < 4.78 is 93.0. The molecule has 0 unspecified atom stereocenters. The molecule has 1 aromatic heterocycles. The van der Waals surface area contributed by atoms with Crippen LogP contribution in [0.25, 0.3) is 0 Å². The van der Waals surface area contributed by atoms with Gasteiger partial charge in [0.05, 0.1) is 41.4 Å². The largest absolute Gasteiger partial charge is 0.497 e. The molecule has 0 spiro atoms. The number of carbonyl (C=O) groups excluding carboxylic acids is 2. The van der Waals surface area contributed by atoms with E-state index >= 15 is 0 Å². The molecule has 0 bridgehead atoms. The fraction of sp³-hybridized carbons (Fsp3) is 0.167. The number of hydrogen-bond acceptors (Lipinski definition) is 6. The van der Waals surface area contributed by atoms with Crippen LogP contribution in [0.1, 0.15) is 34.1 Å². The van der Waals surface area contributed by atoms with Crippen molar-refractivity contribution >= 4 is 23.5 Å². The lowest BCUT2D eigenvalue weighted by Crippen LogP contribution is -2.35. The van der Waals surface area contributed by atoms with Gasteiger partial charge in [-0.1, -0.05) is 24.3 Å². The van der Waals surface area contributed by atoms with Gasteiger partial charge in [0.15, 0.2) is 0 Å². The molecule has 228 valence electrons. The van der Waals surface area contributed by atoms with Crippen molar-refractivity contribution in [2.75, 3.05) is 12.4 Å². The highest BCUT2D eigenvalue weighted by molar-refractivity contribution is 5.90. The van der Waals surface area contributed by atoms with Gasteiger partial charge in [0.1, 0.15) is 18.1 Å². The van der Waals surface area contributed by atoms with E-state index in [2.05, 4.69) is 20.6 Å². The number of rotatable bonds is 9. The molecule has 0 saturated carbocycles. The number of halogens is 6. The van der Waals surface area contributed by atoms with Crippen molar-refractivity contribution in [2.24, 2.45) is 4.99 Å². The predicted octanol–water partition coefficient (Wildman–Crippen LogP) is 7.59. The van der Waals surface area contributed by atoms with Gasteiger partial charge < -0.3 is 20.1 Å². The van der Waals surface area contributed by atoms with Crippen LogP contribution in [0.15, 0.2) is 89.9 Å². The molecule has 4 rings (SSSR count). The Morgan fingerprint density at radius 3 is 2.27 bits per heavy atom. The zero-order chi connectivity index (χ0) is 31.9. The van der Waals surface area contributed by atoms with E-state index in [1.165, 1.54) is 49.6 Å². The summed E-state index contributed by atoms with van der Waals surface area (Å²) in [5, 5.41) is 4.88. The number of carbonyl (C=O) groups is 1. The molecule has 2 amide bonds. The number of nitrogens with one attached hydrogen (secondary N) is 2. The molecule has 0 aliphatic carbocycles. The Morgan fingerprint density at radius 2 is 1.61 bits per heavy atom. The SMILES string of the molecule is COc1cccc(NC(=O)N[C@@H](c2ccc(C(F)(F)F)cc2)c2nc(COc3cccc(N=C=O)c3)ccc2C(F)(F)F)c1. The Hall–Kier alpha value is -5.36. The molecule has 0 aliphatic heterocycles. The third kappa shape index (κ3) is 8.13. The Morgan fingerprint density at radius 1 is 0.909 bits per heavy atom. The average Bonchev–Trinajstić information content (AvgIpc) is 2.98. The molecular formula is C30H22F6N4O4. The first-order chi connectivity index (χ1) is 20.9. The number of urea groups is 1. The summed E-state index contributed by atoms with van der Waals surface area (Å²) in [7, 11) is 1.40. The van der Waals surface area contributed by atoms with Gasteiger partial charge >= 0.3 is 18.4 Å². The number of ether oxygens (including phenoxy) is 2. The number of benzene rings is 3. The molecule has 4 aromatic rings. The molecule has 14 heteroatoms. The van der Waals surface area contributed by atoms with Crippen molar-refractivity contribution in [1.82, 2.24) is 10.3 Å². The van der Waals surface area contributed by atoms with Gasteiger partial charge in [-0.2, -0.15) is 31.3 Å². The fourth-order valence-corrected chi connectivity index (χ4v) is 4.08. The van der Waals surface area contributed by atoms with Crippen molar-refractivity contribution in [1.29, 1.82) is 0 Å². The van der Waals surface area contributed by atoms with Gasteiger partial charge in [0.25, 0.3) is 0 Å². The van der Waals surface area contributed by atoms with Crippen LogP contribution in [0, 0.1) is 0 Å². The van der Waals surface area contributed by atoms with Gasteiger partial charge in [-0.25, -0.2) is 9.59 Å². The molecule has 44 heavy (non-hydrogen) atoms. The van der Waals surface area contributed by atoms with E-state index in [0.29, 0.717) is 17.9 Å². The number of anilines is 1.